The molecule has 0 saturated carbocycles. The van der Waals surface area contributed by atoms with E-state index >= 15 is 0 Å². The zero-order chi connectivity index (χ0) is 22.8. The molecule has 1 aliphatic carbocycles. The highest BCUT2D eigenvalue weighted by molar-refractivity contribution is 9.10. The van der Waals surface area contributed by atoms with Crippen LogP contribution in [0.25, 0.3) is 0 Å². The predicted molar refractivity (Wildman–Crippen MR) is 135 cm³/mol. The van der Waals surface area contributed by atoms with Gasteiger partial charge in [-0.25, -0.2) is 0 Å². The van der Waals surface area contributed by atoms with Crippen LogP contribution in [0.15, 0.2) is 28.9 Å². The number of benzene rings is 1. The van der Waals surface area contributed by atoms with Gasteiger partial charge in [-0.2, -0.15) is 0 Å². The third-order valence-corrected chi connectivity index (χ3v) is 7.74. The molecular weight excluding hydrogens is 509 g/mol. The fraction of sp³-hybridized carbons (Fsp3) is 0.520. The average Bonchev–Trinajstić information content (AvgIpc) is 2.90. The van der Waals surface area contributed by atoms with Gasteiger partial charge >= 0.3 is 0 Å². The summed E-state index contributed by atoms with van der Waals surface area (Å²) in [5, 5.41) is 1.42. The van der Waals surface area contributed by atoms with Crippen LogP contribution < -0.4 is 0 Å². The smallest absolute Gasteiger partial charge is 0.222 e. The highest BCUT2D eigenvalue weighted by Crippen LogP contribution is 2.46. The second kappa shape index (κ2) is 10.4. The fourth-order valence-corrected chi connectivity index (χ4v) is 6.25. The van der Waals surface area contributed by atoms with Crippen LogP contribution in [0.1, 0.15) is 54.0 Å². The standard InChI is InChI=1S/C25H30BrCl2N3O/c1-30(2)9-3-4-22(32)31-10-7-16(8-11-31)24-23-17(13-20(27)14-21(23)28)5-6-18-12-19(26)15-29-25(18)24/h12-16,24H,3-11H2,1-2H3. The predicted octanol–water partition coefficient (Wildman–Crippen LogP) is 5.96. The third kappa shape index (κ3) is 5.32. The van der Waals surface area contributed by atoms with E-state index < -0.39 is 0 Å². The lowest BCUT2D eigenvalue weighted by Gasteiger charge is -2.37. The number of aromatic nitrogens is 1. The van der Waals surface area contributed by atoms with Crippen LogP contribution in [0.2, 0.25) is 10.0 Å². The van der Waals surface area contributed by atoms with Gasteiger partial charge in [0.25, 0.3) is 0 Å². The average molecular weight is 539 g/mol. The van der Waals surface area contributed by atoms with Crippen molar-refractivity contribution in [2.75, 3.05) is 33.7 Å². The minimum Gasteiger partial charge on any atom is -0.343 e. The SMILES string of the molecule is CN(C)CCCC(=O)N1CCC(C2c3ncc(Br)cc3CCc3cc(Cl)cc(Cl)c32)CC1. The minimum atomic E-state index is 0.131. The van der Waals surface area contributed by atoms with E-state index in [4.69, 9.17) is 28.2 Å². The number of nitrogens with zero attached hydrogens (tertiary/aromatic N) is 3. The summed E-state index contributed by atoms with van der Waals surface area (Å²) < 4.78 is 1.00. The van der Waals surface area contributed by atoms with Gasteiger partial charge in [-0.05, 0) is 109 Å². The van der Waals surface area contributed by atoms with Gasteiger partial charge in [0.15, 0.2) is 0 Å². The Labute approximate surface area is 209 Å². The molecule has 32 heavy (non-hydrogen) atoms. The number of fused-ring (bicyclic) bond motifs is 2. The van der Waals surface area contributed by atoms with Crippen LogP contribution in [0, 0.1) is 5.92 Å². The quantitative estimate of drug-likeness (QED) is 0.471. The lowest BCUT2D eigenvalue weighted by molar-refractivity contribution is -0.132. The molecule has 1 amide bonds. The number of rotatable bonds is 5. The van der Waals surface area contributed by atoms with Crippen LogP contribution in [0.4, 0.5) is 0 Å². The second-order valence-electron chi connectivity index (χ2n) is 9.26. The minimum absolute atomic E-state index is 0.131. The number of hydrogen-bond donors (Lipinski definition) is 0. The van der Waals surface area contributed by atoms with Crippen molar-refractivity contribution >= 4 is 45.0 Å². The molecule has 0 N–H and O–H groups in total. The van der Waals surface area contributed by atoms with E-state index in [1.54, 1.807) is 0 Å². The van der Waals surface area contributed by atoms with Gasteiger partial charge in [-0.1, -0.05) is 23.2 Å². The number of piperidine rings is 1. The van der Waals surface area contributed by atoms with Crippen LogP contribution >= 0.6 is 39.1 Å². The lowest BCUT2D eigenvalue weighted by atomic mass is 9.76. The normalized spacial score (nSPS) is 18.9. The summed E-state index contributed by atoms with van der Waals surface area (Å²) in [7, 11) is 4.09. The van der Waals surface area contributed by atoms with Crippen molar-refractivity contribution in [1.82, 2.24) is 14.8 Å². The first-order chi connectivity index (χ1) is 15.3. The Hall–Kier alpha value is -1.14. The summed E-state index contributed by atoms with van der Waals surface area (Å²) in [6, 6.07) is 6.13. The molecule has 2 aromatic rings. The molecule has 4 rings (SSSR count). The molecule has 1 aliphatic heterocycles. The van der Waals surface area contributed by atoms with Crippen molar-refractivity contribution in [3.8, 4) is 0 Å². The van der Waals surface area contributed by atoms with E-state index in [2.05, 4.69) is 33.0 Å². The van der Waals surface area contributed by atoms with Crippen molar-refractivity contribution in [2.24, 2.45) is 5.92 Å². The van der Waals surface area contributed by atoms with E-state index in [1.165, 1.54) is 16.7 Å². The highest BCUT2D eigenvalue weighted by Gasteiger charge is 2.36. The molecular formula is C25H30BrCl2N3O. The first-order valence-corrected chi connectivity index (χ1v) is 12.9. The van der Waals surface area contributed by atoms with Crippen LogP contribution in [0.5, 0.6) is 0 Å². The summed E-state index contributed by atoms with van der Waals surface area (Å²) in [6.07, 6.45) is 7.16. The lowest BCUT2D eigenvalue weighted by Crippen LogP contribution is -2.40. The van der Waals surface area contributed by atoms with Gasteiger partial charge in [0.1, 0.15) is 0 Å². The van der Waals surface area contributed by atoms with Crippen molar-refractivity contribution < 1.29 is 4.79 Å². The molecule has 1 saturated heterocycles. The summed E-state index contributed by atoms with van der Waals surface area (Å²) in [5.41, 5.74) is 4.81. The van der Waals surface area contributed by atoms with Crippen molar-refractivity contribution in [2.45, 2.75) is 44.4 Å². The molecule has 4 nitrogen and oxygen atoms in total. The number of likely N-dealkylation sites (tertiary alicyclic amines) is 1. The summed E-state index contributed by atoms with van der Waals surface area (Å²) in [4.78, 5) is 21.8. The Morgan fingerprint density at radius 2 is 1.88 bits per heavy atom. The summed E-state index contributed by atoms with van der Waals surface area (Å²) in [6.45, 7) is 2.54. The van der Waals surface area contributed by atoms with Crippen molar-refractivity contribution in [1.29, 1.82) is 0 Å². The molecule has 7 heteroatoms. The van der Waals surface area contributed by atoms with Crippen LogP contribution in [-0.4, -0.2) is 54.4 Å². The zero-order valence-corrected chi connectivity index (χ0v) is 21.8. The molecule has 2 aliphatic rings. The summed E-state index contributed by atoms with van der Waals surface area (Å²) >= 11 is 16.8. The first kappa shape index (κ1) is 24.0. The molecule has 1 atom stereocenters. The molecule has 1 aromatic heterocycles. The Kier molecular flexibility index (Phi) is 7.81. The Morgan fingerprint density at radius 1 is 1.16 bits per heavy atom. The number of halogens is 3. The first-order valence-electron chi connectivity index (χ1n) is 11.4. The molecule has 1 unspecified atom stereocenters. The Balaban J connectivity index is 1.58. The topological polar surface area (TPSA) is 36.4 Å². The maximum absolute atomic E-state index is 12.7. The number of carbonyl (C=O) groups is 1. The van der Waals surface area contributed by atoms with Crippen molar-refractivity contribution in [3.05, 3.63) is 61.3 Å². The Bertz CT molecular complexity index is 989. The van der Waals surface area contributed by atoms with Crippen LogP contribution in [-0.2, 0) is 17.6 Å². The molecule has 1 aromatic carbocycles. The van der Waals surface area contributed by atoms with Gasteiger partial charge in [0, 0.05) is 46.1 Å². The monoisotopic (exact) mass is 537 g/mol. The van der Waals surface area contributed by atoms with E-state index in [0.717, 1.165) is 66.9 Å². The number of amides is 1. The van der Waals surface area contributed by atoms with E-state index in [0.29, 0.717) is 17.4 Å². The molecule has 172 valence electrons. The van der Waals surface area contributed by atoms with Gasteiger partial charge < -0.3 is 9.80 Å². The van der Waals surface area contributed by atoms with E-state index in [-0.39, 0.29) is 11.8 Å². The van der Waals surface area contributed by atoms with Crippen LogP contribution in [0.3, 0.4) is 0 Å². The summed E-state index contributed by atoms with van der Waals surface area (Å²) in [5.74, 6) is 0.800. The van der Waals surface area contributed by atoms with Crippen molar-refractivity contribution in [3.63, 3.8) is 0 Å². The second-order valence-corrected chi connectivity index (χ2v) is 11.0. The molecule has 2 heterocycles. The number of carbonyl (C=O) groups excluding carboxylic acids is 1. The third-order valence-electron chi connectivity index (χ3n) is 6.78. The largest absolute Gasteiger partial charge is 0.343 e. The maximum atomic E-state index is 12.7. The molecule has 0 spiro atoms. The van der Waals surface area contributed by atoms with Gasteiger partial charge in [0.2, 0.25) is 5.91 Å². The number of aryl methyl sites for hydroxylation is 2. The number of hydrogen-bond acceptors (Lipinski definition) is 3. The molecule has 0 bridgehead atoms. The Morgan fingerprint density at radius 3 is 2.59 bits per heavy atom. The number of pyridine rings is 1. The highest BCUT2D eigenvalue weighted by atomic mass is 79.9. The fourth-order valence-electron chi connectivity index (χ4n) is 5.22. The van der Waals surface area contributed by atoms with Gasteiger partial charge in [-0.3, -0.25) is 9.78 Å². The van der Waals surface area contributed by atoms with Gasteiger partial charge in [-0.15, -0.1) is 0 Å². The van der Waals surface area contributed by atoms with Gasteiger partial charge in [0.05, 0.1) is 5.69 Å². The van der Waals surface area contributed by atoms with E-state index in [1.807, 2.05) is 31.3 Å². The molecule has 1 fully saturated rings. The van der Waals surface area contributed by atoms with E-state index in [9.17, 15) is 4.79 Å². The maximum Gasteiger partial charge on any atom is 0.222 e. The zero-order valence-electron chi connectivity index (χ0n) is 18.7. The molecule has 0 radical (unpaired) electrons.